The summed E-state index contributed by atoms with van der Waals surface area (Å²) in [5.74, 6) is -1.84. The summed E-state index contributed by atoms with van der Waals surface area (Å²) in [6.07, 6.45) is -0.0206. The van der Waals surface area contributed by atoms with E-state index in [0.29, 0.717) is 0 Å². The van der Waals surface area contributed by atoms with Crippen molar-refractivity contribution in [1.82, 2.24) is 0 Å². The van der Waals surface area contributed by atoms with Crippen LogP contribution in [0.1, 0.15) is 5.56 Å². The number of para-hydroxylation sites is 2. The summed E-state index contributed by atoms with van der Waals surface area (Å²) in [6.45, 7) is 0. The monoisotopic (exact) mass is 256 g/mol. The van der Waals surface area contributed by atoms with Crippen molar-refractivity contribution in [2.45, 2.75) is 6.42 Å². The number of ether oxygens (including phenoxy) is 1. The van der Waals surface area contributed by atoms with Crippen molar-refractivity contribution in [3.63, 3.8) is 0 Å². The van der Waals surface area contributed by atoms with Gasteiger partial charge in [-0.25, -0.2) is 4.79 Å². The minimum atomic E-state index is -0.981. The van der Waals surface area contributed by atoms with Gasteiger partial charge in [-0.1, -0.05) is 42.5 Å². The molecule has 0 saturated carbocycles. The fraction of sp³-hybridized carbons (Fsp3) is 0.0667. The van der Waals surface area contributed by atoms with Crippen LogP contribution < -0.4 is 4.74 Å². The number of carbonyl (C=O) groups is 2. The van der Waals surface area contributed by atoms with Gasteiger partial charge in [-0.3, -0.25) is 4.79 Å². The van der Waals surface area contributed by atoms with Crippen molar-refractivity contribution in [2.75, 3.05) is 0 Å². The number of phenolic OH excluding ortho intramolecular Hbond substituents is 1. The molecule has 0 fully saturated rings. The average molecular weight is 256 g/mol. The number of Topliss-reactive ketones (excluding diaryl/α,β-unsaturated/α-hetero) is 1. The average Bonchev–Trinajstić information content (AvgIpc) is 2.42. The first-order valence-corrected chi connectivity index (χ1v) is 5.74. The van der Waals surface area contributed by atoms with Crippen LogP contribution in [0.5, 0.6) is 11.5 Å². The summed E-state index contributed by atoms with van der Waals surface area (Å²) in [6, 6.07) is 14.9. The molecule has 0 aliphatic heterocycles. The lowest BCUT2D eigenvalue weighted by Crippen LogP contribution is -2.22. The number of benzene rings is 2. The third kappa shape index (κ3) is 3.42. The summed E-state index contributed by atoms with van der Waals surface area (Å²) >= 11 is 0. The molecule has 0 aliphatic rings. The number of hydrogen-bond acceptors (Lipinski definition) is 4. The Morgan fingerprint density at radius 2 is 1.58 bits per heavy atom. The van der Waals surface area contributed by atoms with Crippen molar-refractivity contribution >= 4 is 11.8 Å². The predicted molar refractivity (Wildman–Crippen MR) is 68.9 cm³/mol. The van der Waals surface area contributed by atoms with E-state index in [-0.39, 0.29) is 17.9 Å². The highest BCUT2D eigenvalue weighted by Crippen LogP contribution is 2.24. The summed E-state index contributed by atoms with van der Waals surface area (Å²) < 4.78 is 4.84. The molecule has 2 rings (SSSR count). The second-order valence-electron chi connectivity index (χ2n) is 3.94. The molecule has 0 aliphatic carbocycles. The molecule has 19 heavy (non-hydrogen) atoms. The van der Waals surface area contributed by atoms with Crippen LogP contribution in [0.15, 0.2) is 54.6 Å². The minimum absolute atomic E-state index is 0.0195. The normalized spacial score (nSPS) is 9.89. The third-order valence-electron chi connectivity index (χ3n) is 2.50. The lowest BCUT2D eigenvalue weighted by Gasteiger charge is -2.05. The largest absolute Gasteiger partial charge is 0.504 e. The number of hydrogen-bond donors (Lipinski definition) is 1. The Morgan fingerprint density at radius 3 is 2.26 bits per heavy atom. The molecule has 1 N–H and O–H groups in total. The first kappa shape index (κ1) is 12.8. The SMILES string of the molecule is O=C(Cc1ccccc1)C(=O)Oc1ccccc1O. The molecule has 0 radical (unpaired) electrons. The standard InChI is InChI=1S/C15H12O4/c16-12-8-4-5-9-14(12)19-15(18)13(17)10-11-6-2-1-3-7-11/h1-9,16H,10H2. The quantitative estimate of drug-likeness (QED) is 0.517. The number of aromatic hydroxyl groups is 1. The molecule has 2 aromatic rings. The van der Waals surface area contributed by atoms with Crippen LogP contribution in [-0.4, -0.2) is 16.9 Å². The van der Waals surface area contributed by atoms with Crippen LogP contribution in [0.25, 0.3) is 0 Å². The summed E-state index contributed by atoms with van der Waals surface area (Å²) in [5.41, 5.74) is 0.738. The first-order chi connectivity index (χ1) is 9.16. The van der Waals surface area contributed by atoms with E-state index in [1.807, 2.05) is 6.07 Å². The van der Waals surface area contributed by atoms with Gasteiger partial charge in [-0.15, -0.1) is 0 Å². The molecule has 0 unspecified atom stereocenters. The molecule has 4 heteroatoms. The van der Waals surface area contributed by atoms with Gasteiger partial charge in [0.2, 0.25) is 5.78 Å². The van der Waals surface area contributed by atoms with Crippen LogP contribution in [0, 0.1) is 0 Å². The predicted octanol–water partition coefficient (Wildman–Crippen LogP) is 2.11. The molecule has 0 bridgehead atoms. The van der Waals surface area contributed by atoms with Crippen LogP contribution in [0.2, 0.25) is 0 Å². The van der Waals surface area contributed by atoms with Gasteiger partial charge >= 0.3 is 5.97 Å². The van der Waals surface area contributed by atoms with Crippen LogP contribution >= 0.6 is 0 Å². The molecule has 2 aromatic carbocycles. The molecule has 0 aromatic heterocycles. The maximum absolute atomic E-state index is 11.7. The van der Waals surface area contributed by atoms with Crippen molar-refractivity contribution in [3.8, 4) is 11.5 Å². The van der Waals surface area contributed by atoms with E-state index in [0.717, 1.165) is 5.56 Å². The van der Waals surface area contributed by atoms with Gasteiger partial charge in [0.1, 0.15) is 0 Å². The molecule has 0 saturated heterocycles. The number of ketones is 1. The Balaban J connectivity index is 2.01. The Morgan fingerprint density at radius 1 is 0.947 bits per heavy atom. The second-order valence-corrected chi connectivity index (χ2v) is 3.94. The topological polar surface area (TPSA) is 63.6 Å². The molecule has 0 spiro atoms. The second kappa shape index (κ2) is 5.82. The molecule has 4 nitrogen and oxygen atoms in total. The Kier molecular flexibility index (Phi) is 3.93. The maximum Gasteiger partial charge on any atom is 0.380 e. The third-order valence-corrected chi connectivity index (χ3v) is 2.50. The van der Waals surface area contributed by atoms with E-state index in [9.17, 15) is 14.7 Å². The highest BCUT2D eigenvalue weighted by Gasteiger charge is 2.18. The molecule has 0 heterocycles. The number of carbonyl (C=O) groups excluding carboxylic acids is 2. The van der Waals surface area contributed by atoms with Gasteiger partial charge in [0.15, 0.2) is 11.5 Å². The highest BCUT2D eigenvalue weighted by atomic mass is 16.5. The van der Waals surface area contributed by atoms with E-state index in [1.165, 1.54) is 12.1 Å². The van der Waals surface area contributed by atoms with Crippen LogP contribution in [0.3, 0.4) is 0 Å². The van der Waals surface area contributed by atoms with Crippen molar-refractivity contribution in [3.05, 3.63) is 60.2 Å². The molecular weight excluding hydrogens is 244 g/mol. The fourth-order valence-electron chi connectivity index (χ4n) is 1.55. The summed E-state index contributed by atoms with van der Waals surface area (Å²) in [7, 11) is 0. The van der Waals surface area contributed by atoms with E-state index in [2.05, 4.69) is 0 Å². The van der Waals surface area contributed by atoms with E-state index in [1.54, 1.807) is 36.4 Å². The Hall–Kier alpha value is -2.62. The zero-order valence-electron chi connectivity index (χ0n) is 10.1. The number of phenols is 1. The van der Waals surface area contributed by atoms with Gasteiger partial charge in [0.05, 0.1) is 0 Å². The first-order valence-electron chi connectivity index (χ1n) is 5.74. The maximum atomic E-state index is 11.7. The Bertz CT molecular complexity index is 590. The smallest absolute Gasteiger partial charge is 0.380 e. The van der Waals surface area contributed by atoms with Crippen LogP contribution in [-0.2, 0) is 16.0 Å². The van der Waals surface area contributed by atoms with Gasteiger partial charge in [-0.2, -0.15) is 0 Å². The van der Waals surface area contributed by atoms with Gasteiger partial charge in [0, 0.05) is 6.42 Å². The fourth-order valence-corrected chi connectivity index (χ4v) is 1.55. The molecule has 0 atom stereocenters. The summed E-state index contributed by atoms with van der Waals surface area (Å²) in [5, 5.41) is 9.44. The highest BCUT2D eigenvalue weighted by molar-refractivity contribution is 6.34. The van der Waals surface area contributed by atoms with Gasteiger partial charge < -0.3 is 9.84 Å². The number of esters is 1. The lowest BCUT2D eigenvalue weighted by atomic mass is 10.1. The molecular formula is C15H12O4. The minimum Gasteiger partial charge on any atom is -0.504 e. The van der Waals surface area contributed by atoms with Crippen molar-refractivity contribution < 1.29 is 19.4 Å². The lowest BCUT2D eigenvalue weighted by molar-refractivity contribution is -0.146. The van der Waals surface area contributed by atoms with E-state index >= 15 is 0 Å². The zero-order valence-corrected chi connectivity index (χ0v) is 10.1. The van der Waals surface area contributed by atoms with Crippen molar-refractivity contribution in [2.24, 2.45) is 0 Å². The van der Waals surface area contributed by atoms with E-state index < -0.39 is 11.8 Å². The van der Waals surface area contributed by atoms with Crippen LogP contribution in [0.4, 0.5) is 0 Å². The van der Waals surface area contributed by atoms with Gasteiger partial charge in [-0.05, 0) is 17.7 Å². The summed E-state index contributed by atoms with van der Waals surface area (Å²) in [4.78, 5) is 23.3. The molecule has 96 valence electrons. The zero-order chi connectivity index (χ0) is 13.7. The number of rotatable bonds is 4. The Labute approximate surface area is 110 Å². The van der Waals surface area contributed by atoms with Gasteiger partial charge in [0.25, 0.3) is 0 Å². The van der Waals surface area contributed by atoms with E-state index in [4.69, 9.17) is 4.74 Å². The molecule has 0 amide bonds. The van der Waals surface area contributed by atoms with Crippen molar-refractivity contribution in [1.29, 1.82) is 0 Å².